The van der Waals surface area contributed by atoms with E-state index in [1.807, 2.05) is 13.8 Å². The summed E-state index contributed by atoms with van der Waals surface area (Å²) in [6, 6.07) is -0.704. The molecule has 0 aromatic carbocycles. The van der Waals surface area contributed by atoms with E-state index in [0.717, 1.165) is 6.92 Å². The van der Waals surface area contributed by atoms with Crippen molar-refractivity contribution in [2.75, 3.05) is 0 Å². The highest BCUT2D eigenvalue weighted by Crippen LogP contribution is 2.53. The first-order valence-electron chi connectivity index (χ1n) is 9.93. The Morgan fingerprint density at radius 3 is 2.17 bits per heavy atom. The fourth-order valence-electron chi connectivity index (χ4n) is 4.32. The zero-order chi connectivity index (χ0) is 22.0. The molecule has 0 saturated carbocycles. The first-order valence-corrected chi connectivity index (χ1v) is 9.93. The number of esters is 2. The highest BCUT2D eigenvalue weighted by molar-refractivity contribution is 5.91. The number of hydrogen-bond acceptors (Lipinski definition) is 6. The molecule has 7 atom stereocenters. The molecule has 3 saturated heterocycles. The molecule has 0 spiro atoms. The van der Waals surface area contributed by atoms with Gasteiger partial charge in [-0.25, -0.2) is 8.78 Å². The Bertz CT molecular complexity index is 713. The lowest BCUT2D eigenvalue weighted by Crippen LogP contribution is -2.52. The van der Waals surface area contributed by atoms with Crippen molar-refractivity contribution < 1.29 is 37.4 Å². The van der Waals surface area contributed by atoms with Gasteiger partial charge in [-0.15, -0.1) is 0 Å². The molecule has 0 radical (unpaired) electrons. The molecule has 2 bridgehead atoms. The van der Waals surface area contributed by atoms with Crippen molar-refractivity contribution in [2.45, 2.75) is 90.9 Å². The second-order valence-corrected chi connectivity index (χ2v) is 9.60. The highest BCUT2D eigenvalue weighted by atomic mass is 19.3. The zero-order valence-electron chi connectivity index (χ0n) is 17.8. The van der Waals surface area contributed by atoms with Crippen molar-refractivity contribution in [2.24, 2.45) is 17.3 Å². The van der Waals surface area contributed by atoms with Crippen LogP contribution < -0.4 is 0 Å². The van der Waals surface area contributed by atoms with Crippen LogP contribution in [0.2, 0.25) is 0 Å². The van der Waals surface area contributed by atoms with Gasteiger partial charge in [0.15, 0.2) is 12.2 Å². The molecule has 0 aliphatic carbocycles. The minimum atomic E-state index is -3.22. The van der Waals surface area contributed by atoms with Crippen molar-refractivity contribution in [3.63, 3.8) is 0 Å². The van der Waals surface area contributed by atoms with Crippen LogP contribution in [0.5, 0.6) is 0 Å². The molecular formula is C20H29F2NO6. The molecule has 3 aliphatic heterocycles. The first-order chi connectivity index (χ1) is 13.2. The van der Waals surface area contributed by atoms with Crippen LogP contribution in [0, 0.1) is 17.3 Å². The minimum absolute atomic E-state index is 0.202. The molecule has 0 N–H and O–H groups in total. The van der Waals surface area contributed by atoms with E-state index in [2.05, 4.69) is 0 Å². The highest BCUT2D eigenvalue weighted by Gasteiger charge is 2.73. The van der Waals surface area contributed by atoms with E-state index in [1.165, 1.54) is 0 Å². The summed E-state index contributed by atoms with van der Waals surface area (Å²) in [6.45, 7) is 10.5. The Labute approximate surface area is 169 Å². The van der Waals surface area contributed by atoms with Crippen LogP contribution in [-0.2, 0) is 28.6 Å². The van der Waals surface area contributed by atoms with Gasteiger partial charge < -0.3 is 19.1 Å². The molecule has 0 aromatic rings. The molecule has 164 valence electrons. The number of nitrogens with zero attached hydrogens (tertiary/aromatic N) is 1. The Balaban J connectivity index is 1.91. The topological polar surface area (TPSA) is 82.1 Å². The second-order valence-electron chi connectivity index (χ2n) is 9.60. The molecular weight excluding hydrogens is 388 g/mol. The predicted molar refractivity (Wildman–Crippen MR) is 96.9 cm³/mol. The van der Waals surface area contributed by atoms with Gasteiger partial charge in [-0.05, 0) is 41.5 Å². The number of carbonyl (C=O) groups excluding carboxylic acids is 3. The van der Waals surface area contributed by atoms with Gasteiger partial charge in [0.1, 0.15) is 12.0 Å². The molecule has 3 heterocycles. The van der Waals surface area contributed by atoms with Gasteiger partial charge in [0, 0.05) is 13.0 Å². The van der Waals surface area contributed by atoms with Crippen LogP contribution in [0.4, 0.5) is 8.78 Å². The summed E-state index contributed by atoms with van der Waals surface area (Å²) >= 11 is 0. The van der Waals surface area contributed by atoms with E-state index >= 15 is 0 Å². The van der Waals surface area contributed by atoms with E-state index in [-0.39, 0.29) is 11.9 Å². The molecule has 3 fully saturated rings. The molecule has 1 amide bonds. The van der Waals surface area contributed by atoms with Gasteiger partial charge >= 0.3 is 11.9 Å². The maximum absolute atomic E-state index is 13.5. The summed E-state index contributed by atoms with van der Waals surface area (Å²) in [6.07, 6.45) is -4.05. The van der Waals surface area contributed by atoms with Crippen LogP contribution in [0.25, 0.3) is 0 Å². The van der Waals surface area contributed by atoms with Gasteiger partial charge in [-0.2, -0.15) is 0 Å². The first kappa shape index (κ1) is 21.9. The molecule has 9 heteroatoms. The van der Waals surface area contributed by atoms with E-state index in [9.17, 15) is 23.2 Å². The van der Waals surface area contributed by atoms with Crippen molar-refractivity contribution in [3.8, 4) is 0 Å². The van der Waals surface area contributed by atoms with E-state index in [1.54, 1.807) is 25.7 Å². The Morgan fingerprint density at radius 2 is 1.69 bits per heavy atom. The minimum Gasteiger partial charge on any atom is -0.457 e. The SMILES string of the molecule is CC(C)N1C(=O)C2C3OC(C(OC(=O)C(C)(C)C)C31)C2C(=O)OC(C)C(C)(F)F. The average Bonchev–Trinajstić information content (AvgIpc) is 3.14. The maximum Gasteiger partial charge on any atom is 0.313 e. The van der Waals surface area contributed by atoms with Crippen LogP contribution in [0.15, 0.2) is 0 Å². The fraction of sp³-hybridized carbons (Fsp3) is 0.850. The monoisotopic (exact) mass is 417 g/mol. The van der Waals surface area contributed by atoms with Crippen LogP contribution >= 0.6 is 0 Å². The summed E-state index contributed by atoms with van der Waals surface area (Å²) in [4.78, 5) is 39.9. The number of halogens is 2. The largest absolute Gasteiger partial charge is 0.457 e. The van der Waals surface area contributed by atoms with Crippen molar-refractivity contribution in [1.29, 1.82) is 0 Å². The van der Waals surface area contributed by atoms with Crippen molar-refractivity contribution in [1.82, 2.24) is 4.90 Å². The van der Waals surface area contributed by atoms with Crippen LogP contribution in [0.1, 0.15) is 48.5 Å². The summed E-state index contributed by atoms with van der Waals surface area (Å²) < 4.78 is 43.6. The van der Waals surface area contributed by atoms with E-state index in [0.29, 0.717) is 6.92 Å². The van der Waals surface area contributed by atoms with Gasteiger partial charge in [-0.3, -0.25) is 14.4 Å². The number of rotatable bonds is 5. The third kappa shape index (κ3) is 3.51. The lowest BCUT2D eigenvalue weighted by Gasteiger charge is -2.34. The number of alkyl halides is 2. The molecule has 3 aliphatic rings. The fourth-order valence-corrected chi connectivity index (χ4v) is 4.32. The quantitative estimate of drug-likeness (QED) is 0.638. The summed E-state index contributed by atoms with van der Waals surface area (Å²) in [5.74, 6) is -6.84. The second kappa shape index (κ2) is 6.89. The predicted octanol–water partition coefficient (Wildman–Crippen LogP) is 2.16. The van der Waals surface area contributed by atoms with Crippen LogP contribution in [0.3, 0.4) is 0 Å². The number of likely N-dealkylation sites (tertiary alicyclic amines) is 1. The molecule has 29 heavy (non-hydrogen) atoms. The number of fused-ring (bicyclic) bond motifs is 1. The normalized spacial score (nSPS) is 34.7. The lowest BCUT2D eigenvalue weighted by molar-refractivity contribution is -0.179. The van der Waals surface area contributed by atoms with E-state index in [4.69, 9.17) is 14.2 Å². The van der Waals surface area contributed by atoms with Gasteiger partial charge in [-0.1, -0.05) is 0 Å². The smallest absolute Gasteiger partial charge is 0.313 e. The number of hydrogen-bond donors (Lipinski definition) is 0. The summed E-state index contributed by atoms with van der Waals surface area (Å²) in [5.41, 5.74) is -0.790. The van der Waals surface area contributed by atoms with Crippen molar-refractivity contribution >= 4 is 17.8 Å². The third-order valence-corrected chi connectivity index (χ3v) is 5.96. The Kier molecular flexibility index (Phi) is 5.21. The van der Waals surface area contributed by atoms with Gasteiger partial charge in [0.2, 0.25) is 5.91 Å². The zero-order valence-corrected chi connectivity index (χ0v) is 17.8. The lowest BCUT2D eigenvalue weighted by atomic mass is 9.78. The molecule has 0 aromatic heterocycles. The molecule has 3 rings (SSSR count). The Morgan fingerprint density at radius 1 is 1.10 bits per heavy atom. The molecule has 7 nitrogen and oxygen atoms in total. The standard InChI is InChI=1S/C20H29F2NO6/c1-8(2)23-12-13-10(16(23)24)11(17(25)27-9(3)20(7,21)22)14(28-13)15(12)29-18(26)19(4,5)6/h8-15H,1-7H3. The summed E-state index contributed by atoms with van der Waals surface area (Å²) in [7, 11) is 0. The average molecular weight is 417 g/mol. The number of ether oxygens (including phenoxy) is 3. The van der Waals surface area contributed by atoms with E-state index < -0.39 is 65.6 Å². The molecule has 7 unspecified atom stereocenters. The summed E-state index contributed by atoms with van der Waals surface area (Å²) in [5, 5.41) is 0. The number of amides is 1. The van der Waals surface area contributed by atoms with Crippen molar-refractivity contribution in [3.05, 3.63) is 0 Å². The Hall–Kier alpha value is -1.77. The van der Waals surface area contributed by atoms with Crippen LogP contribution in [-0.4, -0.2) is 65.2 Å². The number of carbonyl (C=O) groups is 3. The van der Waals surface area contributed by atoms with Gasteiger partial charge in [0.25, 0.3) is 5.92 Å². The maximum atomic E-state index is 13.5. The third-order valence-electron chi connectivity index (χ3n) is 5.96. The van der Waals surface area contributed by atoms with Gasteiger partial charge in [0.05, 0.1) is 23.5 Å².